The molecule has 0 spiro atoms. The lowest BCUT2D eigenvalue weighted by atomic mass is 9.95. The maximum atomic E-state index is 12.5. The van der Waals surface area contributed by atoms with Crippen LogP contribution in [0.2, 0.25) is 0 Å². The molecule has 1 atom stereocenters. The van der Waals surface area contributed by atoms with E-state index < -0.39 is 11.5 Å². The number of pyridine rings is 1. The monoisotopic (exact) mass is 445 g/mol. The number of carbonyl (C=O) groups excluding carboxylic acids is 1. The normalized spacial score (nSPS) is 15.8. The van der Waals surface area contributed by atoms with Gasteiger partial charge in [0.2, 0.25) is 11.7 Å². The van der Waals surface area contributed by atoms with E-state index in [2.05, 4.69) is 25.8 Å². The van der Waals surface area contributed by atoms with Gasteiger partial charge in [0.25, 0.3) is 5.91 Å². The fourth-order valence-corrected chi connectivity index (χ4v) is 3.54. The topological polar surface area (TPSA) is 123 Å². The lowest BCUT2D eigenvalue weighted by molar-refractivity contribution is 0.0948. The maximum Gasteiger partial charge on any atom is 0.349 e. The van der Waals surface area contributed by atoms with Crippen molar-refractivity contribution in [3.05, 3.63) is 63.8 Å². The predicted octanol–water partition coefficient (Wildman–Crippen LogP) is 2.25. The minimum Gasteiger partial charge on any atom is -0.427 e. The average Bonchev–Trinajstić information content (AvgIpc) is 3.23. The van der Waals surface area contributed by atoms with Gasteiger partial charge in [-0.15, -0.1) is 12.4 Å². The van der Waals surface area contributed by atoms with Gasteiger partial charge in [0.15, 0.2) is 0 Å². The van der Waals surface area contributed by atoms with Gasteiger partial charge in [0.1, 0.15) is 11.3 Å². The van der Waals surface area contributed by atoms with E-state index >= 15 is 0 Å². The quantitative estimate of drug-likeness (QED) is 0.592. The second-order valence-electron chi connectivity index (χ2n) is 7.30. The van der Waals surface area contributed by atoms with Crippen LogP contribution in [0.25, 0.3) is 11.4 Å². The van der Waals surface area contributed by atoms with Crippen LogP contribution in [0.15, 0.2) is 44.3 Å². The lowest BCUT2D eigenvalue weighted by Gasteiger charge is -2.22. The summed E-state index contributed by atoms with van der Waals surface area (Å²) in [5.41, 5.74) is 0.785. The van der Waals surface area contributed by atoms with Gasteiger partial charge in [0, 0.05) is 43.4 Å². The van der Waals surface area contributed by atoms with Crippen molar-refractivity contribution in [3.63, 3.8) is 0 Å². The van der Waals surface area contributed by atoms with Crippen molar-refractivity contribution < 1.29 is 13.7 Å². The number of nitrogens with one attached hydrogen (secondary N) is 2. The van der Waals surface area contributed by atoms with Gasteiger partial charge in [-0.05, 0) is 50.1 Å². The first-order chi connectivity index (χ1) is 14.6. The molecule has 0 saturated carbocycles. The highest BCUT2D eigenvalue weighted by molar-refractivity contribution is 5.95. The minimum absolute atomic E-state index is 0. The fourth-order valence-electron chi connectivity index (χ4n) is 3.54. The Morgan fingerprint density at radius 1 is 1.39 bits per heavy atom. The zero-order valence-corrected chi connectivity index (χ0v) is 17.9. The van der Waals surface area contributed by atoms with Crippen molar-refractivity contribution in [2.75, 3.05) is 19.6 Å². The summed E-state index contributed by atoms with van der Waals surface area (Å²) in [4.78, 5) is 33.3. The molecule has 0 bridgehead atoms. The number of rotatable bonds is 6. The van der Waals surface area contributed by atoms with Crippen LogP contribution in [0.4, 0.5) is 0 Å². The van der Waals surface area contributed by atoms with Crippen LogP contribution in [-0.4, -0.2) is 40.7 Å². The molecule has 31 heavy (non-hydrogen) atoms. The number of aryl methyl sites for hydroxylation is 1. The number of aromatic nitrogens is 3. The van der Waals surface area contributed by atoms with Crippen molar-refractivity contribution in [3.8, 4) is 11.4 Å². The molecule has 0 aliphatic carbocycles. The highest BCUT2D eigenvalue weighted by Gasteiger charge is 2.22. The van der Waals surface area contributed by atoms with E-state index in [9.17, 15) is 9.59 Å². The third-order valence-corrected chi connectivity index (χ3v) is 5.11. The molecule has 1 amide bonds. The van der Waals surface area contributed by atoms with E-state index in [1.807, 2.05) is 6.07 Å². The molecule has 4 heterocycles. The van der Waals surface area contributed by atoms with Crippen LogP contribution in [0, 0.1) is 6.92 Å². The summed E-state index contributed by atoms with van der Waals surface area (Å²) in [6, 6.07) is 5.42. The summed E-state index contributed by atoms with van der Waals surface area (Å²) in [6.07, 6.45) is 5.65. The van der Waals surface area contributed by atoms with Gasteiger partial charge in [-0.25, -0.2) is 4.79 Å². The Morgan fingerprint density at radius 2 is 2.26 bits per heavy atom. The summed E-state index contributed by atoms with van der Waals surface area (Å²) in [5.74, 6) is 1.15. The van der Waals surface area contributed by atoms with Crippen molar-refractivity contribution in [1.82, 2.24) is 25.8 Å². The summed E-state index contributed by atoms with van der Waals surface area (Å²) < 4.78 is 10.7. The SMILES string of the molecule is Cc1cc(C2CCCNC2)oc(=O)c1C(=O)NCCc1nc(-c2cccnc2)no1.Cl. The Morgan fingerprint density at radius 3 is 2.97 bits per heavy atom. The van der Waals surface area contributed by atoms with Gasteiger partial charge >= 0.3 is 5.63 Å². The van der Waals surface area contributed by atoms with E-state index in [4.69, 9.17) is 8.94 Å². The number of carbonyl (C=O) groups is 1. The molecule has 3 aromatic rings. The van der Waals surface area contributed by atoms with Gasteiger partial charge in [0.05, 0.1) is 0 Å². The number of halogens is 1. The molecule has 1 unspecified atom stereocenters. The summed E-state index contributed by atoms with van der Waals surface area (Å²) in [7, 11) is 0. The van der Waals surface area contributed by atoms with E-state index in [1.54, 1.807) is 31.5 Å². The summed E-state index contributed by atoms with van der Waals surface area (Å²) in [6.45, 7) is 3.76. The van der Waals surface area contributed by atoms with Crippen LogP contribution in [0.5, 0.6) is 0 Å². The highest BCUT2D eigenvalue weighted by atomic mass is 35.5. The molecule has 1 saturated heterocycles. The molecule has 1 aliphatic heterocycles. The third-order valence-electron chi connectivity index (χ3n) is 5.11. The Hall–Kier alpha value is -3.04. The van der Waals surface area contributed by atoms with Gasteiger partial charge in [-0.3, -0.25) is 9.78 Å². The molecule has 4 rings (SSSR count). The van der Waals surface area contributed by atoms with Crippen LogP contribution >= 0.6 is 12.4 Å². The second-order valence-corrected chi connectivity index (χ2v) is 7.30. The average molecular weight is 446 g/mol. The van der Waals surface area contributed by atoms with Crippen LogP contribution < -0.4 is 16.3 Å². The molecular weight excluding hydrogens is 422 g/mol. The third kappa shape index (κ3) is 5.36. The lowest BCUT2D eigenvalue weighted by Crippen LogP contribution is -2.32. The molecule has 1 aliphatic rings. The van der Waals surface area contributed by atoms with Crippen molar-refractivity contribution in [2.24, 2.45) is 0 Å². The minimum atomic E-state index is -0.607. The fraction of sp³-hybridized carbons (Fsp3) is 0.381. The molecule has 0 radical (unpaired) electrons. The number of piperidine rings is 1. The van der Waals surface area contributed by atoms with Gasteiger partial charge in [-0.2, -0.15) is 4.98 Å². The number of hydrogen-bond donors (Lipinski definition) is 2. The molecular formula is C21H24ClN5O4. The van der Waals surface area contributed by atoms with E-state index in [0.29, 0.717) is 29.5 Å². The summed E-state index contributed by atoms with van der Waals surface area (Å²) >= 11 is 0. The number of amides is 1. The Balaban J connectivity index is 0.00000272. The first kappa shape index (κ1) is 22.6. The van der Waals surface area contributed by atoms with Crippen molar-refractivity contribution >= 4 is 18.3 Å². The van der Waals surface area contributed by atoms with Crippen molar-refractivity contribution in [2.45, 2.75) is 32.1 Å². The first-order valence-electron chi connectivity index (χ1n) is 9.98. The largest absolute Gasteiger partial charge is 0.427 e. The number of hydrogen-bond acceptors (Lipinski definition) is 8. The summed E-state index contributed by atoms with van der Waals surface area (Å²) in [5, 5.41) is 9.94. The molecule has 1 fully saturated rings. The Bertz CT molecular complexity index is 1080. The second kappa shape index (κ2) is 10.3. The van der Waals surface area contributed by atoms with E-state index in [-0.39, 0.29) is 30.4 Å². The number of nitrogens with zero attached hydrogens (tertiary/aromatic N) is 3. The van der Waals surface area contributed by atoms with Crippen LogP contribution in [0.1, 0.15) is 46.3 Å². The maximum absolute atomic E-state index is 12.5. The molecule has 164 valence electrons. The molecule has 0 aromatic carbocycles. The molecule has 10 heteroatoms. The zero-order chi connectivity index (χ0) is 20.9. The smallest absolute Gasteiger partial charge is 0.349 e. The Labute approximate surface area is 185 Å². The first-order valence-corrected chi connectivity index (χ1v) is 9.98. The van der Waals surface area contributed by atoms with Gasteiger partial charge in [-0.1, -0.05) is 5.16 Å². The van der Waals surface area contributed by atoms with E-state index in [1.165, 1.54) is 0 Å². The molecule has 9 nitrogen and oxygen atoms in total. The predicted molar refractivity (Wildman–Crippen MR) is 115 cm³/mol. The van der Waals surface area contributed by atoms with Crippen LogP contribution in [-0.2, 0) is 6.42 Å². The van der Waals surface area contributed by atoms with Crippen molar-refractivity contribution in [1.29, 1.82) is 0 Å². The standard InChI is InChI=1S/C21H23N5O4.ClH/c1-13-10-16(14-4-2-7-22-11-14)29-21(28)18(13)20(27)24-9-6-17-25-19(26-30-17)15-5-3-8-23-12-15;/h3,5,8,10,12,14,22H,2,4,6-7,9,11H2,1H3,(H,24,27);1H. The van der Waals surface area contributed by atoms with Crippen LogP contribution in [0.3, 0.4) is 0 Å². The molecule has 3 aromatic heterocycles. The van der Waals surface area contributed by atoms with Gasteiger partial charge < -0.3 is 19.6 Å². The van der Waals surface area contributed by atoms with E-state index in [0.717, 1.165) is 31.5 Å². The Kier molecular flexibility index (Phi) is 7.54. The molecule has 2 N–H and O–H groups in total. The highest BCUT2D eigenvalue weighted by Crippen LogP contribution is 2.23. The zero-order valence-electron chi connectivity index (χ0n) is 17.1.